The number of hydrogen-bond donors (Lipinski definition) is 1. The second-order valence-electron chi connectivity index (χ2n) is 4.54. The molecular formula is C13H18N4. The Bertz CT molecular complexity index is 438. The number of aromatic amines is 1. The van der Waals surface area contributed by atoms with Gasteiger partial charge in [0.05, 0.1) is 5.41 Å². The van der Waals surface area contributed by atoms with Crippen LogP contribution in [-0.2, 0) is 5.41 Å². The fourth-order valence-corrected chi connectivity index (χ4v) is 2.12. The molecule has 4 heteroatoms. The van der Waals surface area contributed by atoms with E-state index in [0.717, 1.165) is 18.7 Å². The summed E-state index contributed by atoms with van der Waals surface area (Å²) in [6.07, 6.45) is 3.35. The van der Waals surface area contributed by atoms with Crippen LogP contribution in [0.4, 0.5) is 0 Å². The van der Waals surface area contributed by atoms with Gasteiger partial charge in [-0.25, -0.2) is 0 Å². The number of unbranched alkanes of at least 4 members (excludes halogenated alkanes) is 1. The van der Waals surface area contributed by atoms with Crippen molar-refractivity contribution in [3.05, 3.63) is 41.7 Å². The molecule has 90 valence electrons. The maximum absolute atomic E-state index is 4.17. The Morgan fingerprint density at radius 1 is 1.24 bits per heavy atom. The monoisotopic (exact) mass is 230 g/mol. The van der Waals surface area contributed by atoms with Gasteiger partial charge in [0.15, 0.2) is 5.82 Å². The Kier molecular flexibility index (Phi) is 3.52. The van der Waals surface area contributed by atoms with Crippen LogP contribution >= 0.6 is 0 Å². The van der Waals surface area contributed by atoms with Crippen molar-refractivity contribution in [2.45, 2.75) is 38.5 Å². The lowest BCUT2D eigenvalue weighted by molar-refractivity contribution is 0.466. The quantitative estimate of drug-likeness (QED) is 0.859. The van der Waals surface area contributed by atoms with Crippen LogP contribution in [0.2, 0.25) is 0 Å². The Morgan fingerprint density at radius 2 is 2.00 bits per heavy atom. The summed E-state index contributed by atoms with van der Waals surface area (Å²) in [5.41, 5.74) is 1.10. The number of nitrogens with one attached hydrogen (secondary N) is 1. The van der Waals surface area contributed by atoms with Gasteiger partial charge in [-0.05, 0) is 18.9 Å². The molecule has 0 radical (unpaired) electrons. The first-order chi connectivity index (χ1) is 8.27. The number of rotatable bonds is 5. The highest BCUT2D eigenvalue weighted by Crippen LogP contribution is 2.33. The van der Waals surface area contributed by atoms with E-state index in [-0.39, 0.29) is 5.41 Å². The van der Waals surface area contributed by atoms with Crippen LogP contribution in [0.5, 0.6) is 0 Å². The molecule has 0 saturated carbocycles. The third-order valence-corrected chi connectivity index (χ3v) is 3.28. The average Bonchev–Trinajstić information content (AvgIpc) is 2.91. The van der Waals surface area contributed by atoms with Crippen LogP contribution in [0.25, 0.3) is 0 Å². The van der Waals surface area contributed by atoms with Gasteiger partial charge in [-0.3, -0.25) is 0 Å². The molecule has 0 aliphatic heterocycles. The summed E-state index contributed by atoms with van der Waals surface area (Å²) >= 11 is 0. The highest BCUT2D eigenvalue weighted by atomic mass is 15.5. The second kappa shape index (κ2) is 5.08. The van der Waals surface area contributed by atoms with Crippen LogP contribution in [0.1, 0.15) is 44.5 Å². The Balaban J connectivity index is 2.37. The zero-order chi connectivity index (χ0) is 12.1. The Labute approximate surface area is 101 Å². The SMILES string of the molecule is CCCCC(C)(c1ccccc1)c1nn[nH]n1. The van der Waals surface area contributed by atoms with E-state index in [0.29, 0.717) is 0 Å². The van der Waals surface area contributed by atoms with Gasteiger partial charge in [-0.15, -0.1) is 10.2 Å². The van der Waals surface area contributed by atoms with Crippen LogP contribution in [0.3, 0.4) is 0 Å². The summed E-state index contributed by atoms with van der Waals surface area (Å²) in [4.78, 5) is 0. The number of nitrogens with zero attached hydrogens (tertiary/aromatic N) is 3. The molecule has 1 N–H and O–H groups in total. The van der Waals surface area contributed by atoms with Gasteiger partial charge < -0.3 is 0 Å². The molecule has 4 nitrogen and oxygen atoms in total. The lowest BCUT2D eigenvalue weighted by Crippen LogP contribution is -2.25. The maximum atomic E-state index is 4.17. The van der Waals surface area contributed by atoms with E-state index in [1.807, 2.05) is 6.07 Å². The molecule has 0 aliphatic carbocycles. The third kappa shape index (κ3) is 2.35. The lowest BCUT2D eigenvalue weighted by atomic mass is 9.77. The van der Waals surface area contributed by atoms with Crippen LogP contribution < -0.4 is 0 Å². The van der Waals surface area contributed by atoms with Gasteiger partial charge in [-0.1, -0.05) is 55.3 Å². The molecule has 1 aromatic carbocycles. The van der Waals surface area contributed by atoms with Gasteiger partial charge in [0, 0.05) is 0 Å². The largest absolute Gasteiger partial charge is 0.184 e. The molecule has 2 rings (SSSR count). The van der Waals surface area contributed by atoms with Crippen molar-refractivity contribution in [3.8, 4) is 0 Å². The van der Waals surface area contributed by atoms with Gasteiger partial charge in [0.2, 0.25) is 0 Å². The van der Waals surface area contributed by atoms with E-state index in [4.69, 9.17) is 0 Å². The second-order valence-corrected chi connectivity index (χ2v) is 4.54. The molecular weight excluding hydrogens is 212 g/mol. The minimum absolute atomic E-state index is 0.149. The van der Waals surface area contributed by atoms with Crippen LogP contribution in [-0.4, -0.2) is 20.6 Å². The maximum Gasteiger partial charge on any atom is 0.184 e. The molecule has 1 aromatic heterocycles. The predicted octanol–water partition coefficient (Wildman–Crippen LogP) is 2.70. The van der Waals surface area contributed by atoms with Crippen molar-refractivity contribution in [3.63, 3.8) is 0 Å². The van der Waals surface area contributed by atoms with E-state index in [1.165, 1.54) is 12.0 Å². The highest BCUT2D eigenvalue weighted by molar-refractivity contribution is 5.30. The Hall–Kier alpha value is -1.71. The molecule has 2 aromatic rings. The zero-order valence-electron chi connectivity index (χ0n) is 10.3. The normalized spacial score (nSPS) is 14.5. The minimum Gasteiger partial charge on any atom is -0.177 e. The smallest absolute Gasteiger partial charge is 0.177 e. The number of benzene rings is 1. The van der Waals surface area contributed by atoms with Crippen molar-refractivity contribution >= 4 is 0 Å². The molecule has 0 amide bonds. The van der Waals surface area contributed by atoms with E-state index < -0.39 is 0 Å². The number of aromatic nitrogens is 4. The number of hydrogen-bond acceptors (Lipinski definition) is 3. The molecule has 0 aliphatic rings. The summed E-state index contributed by atoms with van der Waals surface area (Å²) in [5, 5.41) is 14.6. The fraction of sp³-hybridized carbons (Fsp3) is 0.462. The van der Waals surface area contributed by atoms with Gasteiger partial charge >= 0.3 is 0 Å². The molecule has 0 bridgehead atoms. The molecule has 0 spiro atoms. The van der Waals surface area contributed by atoms with Gasteiger partial charge in [-0.2, -0.15) is 5.21 Å². The fourth-order valence-electron chi connectivity index (χ4n) is 2.12. The van der Waals surface area contributed by atoms with E-state index in [2.05, 4.69) is 58.7 Å². The van der Waals surface area contributed by atoms with Crippen LogP contribution in [0.15, 0.2) is 30.3 Å². The summed E-state index contributed by atoms with van der Waals surface area (Å²) in [6, 6.07) is 10.4. The van der Waals surface area contributed by atoms with Crippen molar-refractivity contribution < 1.29 is 0 Å². The first-order valence-electron chi connectivity index (χ1n) is 6.07. The standard InChI is InChI=1S/C13H18N4/c1-3-4-10-13(2,12-14-16-17-15-12)11-8-6-5-7-9-11/h5-9H,3-4,10H2,1-2H3,(H,14,15,16,17). The van der Waals surface area contributed by atoms with Crippen molar-refractivity contribution in [2.24, 2.45) is 0 Å². The first-order valence-corrected chi connectivity index (χ1v) is 6.07. The van der Waals surface area contributed by atoms with Gasteiger partial charge in [0.25, 0.3) is 0 Å². The summed E-state index contributed by atoms with van der Waals surface area (Å²) < 4.78 is 0. The minimum atomic E-state index is -0.149. The van der Waals surface area contributed by atoms with Crippen LogP contribution in [0, 0.1) is 0 Å². The number of H-pyrrole nitrogens is 1. The van der Waals surface area contributed by atoms with E-state index >= 15 is 0 Å². The predicted molar refractivity (Wildman–Crippen MR) is 66.6 cm³/mol. The highest BCUT2D eigenvalue weighted by Gasteiger charge is 2.32. The molecule has 17 heavy (non-hydrogen) atoms. The Morgan fingerprint density at radius 3 is 2.59 bits per heavy atom. The molecule has 1 atom stereocenters. The molecule has 0 fully saturated rings. The van der Waals surface area contributed by atoms with E-state index in [1.54, 1.807) is 0 Å². The molecule has 0 saturated heterocycles. The summed E-state index contributed by atoms with van der Waals surface area (Å²) in [5.74, 6) is 0.775. The topological polar surface area (TPSA) is 54.5 Å². The van der Waals surface area contributed by atoms with Crippen molar-refractivity contribution in [2.75, 3.05) is 0 Å². The number of tetrazole rings is 1. The lowest BCUT2D eigenvalue weighted by Gasteiger charge is -2.26. The van der Waals surface area contributed by atoms with Crippen molar-refractivity contribution in [1.82, 2.24) is 20.6 Å². The third-order valence-electron chi connectivity index (χ3n) is 3.28. The van der Waals surface area contributed by atoms with Crippen molar-refractivity contribution in [1.29, 1.82) is 0 Å². The zero-order valence-corrected chi connectivity index (χ0v) is 10.3. The summed E-state index contributed by atoms with van der Waals surface area (Å²) in [7, 11) is 0. The first kappa shape index (κ1) is 11.8. The average molecular weight is 230 g/mol. The summed E-state index contributed by atoms with van der Waals surface area (Å²) in [6.45, 7) is 4.38. The van der Waals surface area contributed by atoms with E-state index in [9.17, 15) is 0 Å². The van der Waals surface area contributed by atoms with Gasteiger partial charge in [0.1, 0.15) is 0 Å². The molecule has 1 unspecified atom stereocenters. The molecule has 1 heterocycles.